The summed E-state index contributed by atoms with van der Waals surface area (Å²) in [6, 6.07) is 16.6. The third kappa shape index (κ3) is 4.56. The van der Waals surface area contributed by atoms with Gasteiger partial charge in [-0.1, -0.05) is 41.9 Å². The van der Waals surface area contributed by atoms with E-state index in [1.807, 2.05) is 0 Å². The van der Waals surface area contributed by atoms with Crippen molar-refractivity contribution in [1.82, 2.24) is 4.90 Å². The summed E-state index contributed by atoms with van der Waals surface area (Å²) in [5.41, 5.74) is 0.525. The first-order chi connectivity index (χ1) is 15.4. The number of halogens is 1. The summed E-state index contributed by atoms with van der Waals surface area (Å²) in [4.78, 5) is 37.7. The summed E-state index contributed by atoms with van der Waals surface area (Å²) in [5.74, 6) is -0.369. The van der Waals surface area contributed by atoms with Gasteiger partial charge in [0.1, 0.15) is 23.9 Å². The Balaban J connectivity index is 1.45. The first-order valence-electron chi connectivity index (χ1n) is 9.49. The van der Waals surface area contributed by atoms with Gasteiger partial charge in [0.15, 0.2) is 0 Å². The van der Waals surface area contributed by atoms with Crippen LogP contribution in [0.1, 0.15) is 16.1 Å². The minimum atomic E-state index is -1.07. The average Bonchev–Trinajstić information content (AvgIpc) is 3.35. The highest BCUT2D eigenvalue weighted by molar-refractivity contribution is 8.18. The van der Waals surface area contributed by atoms with E-state index in [1.165, 1.54) is 12.1 Å². The molecule has 32 heavy (non-hydrogen) atoms. The summed E-state index contributed by atoms with van der Waals surface area (Å²) < 4.78 is 11.3. The van der Waals surface area contributed by atoms with Gasteiger partial charge in [0.25, 0.3) is 11.1 Å². The predicted octanol–water partition coefficient (Wildman–Crippen LogP) is 5.41. The minimum Gasteiger partial charge on any atom is -0.490 e. The summed E-state index contributed by atoms with van der Waals surface area (Å²) >= 11 is 6.84. The van der Waals surface area contributed by atoms with Gasteiger partial charge in [-0.2, -0.15) is 0 Å². The number of rotatable bonds is 7. The number of nitrogens with zero attached hydrogens (tertiary/aromatic N) is 1. The molecule has 0 unspecified atom stereocenters. The number of aromatic carboxylic acids is 1. The number of amides is 2. The molecule has 0 radical (unpaired) electrons. The van der Waals surface area contributed by atoms with Crippen LogP contribution in [0.2, 0.25) is 5.02 Å². The second kappa shape index (κ2) is 9.33. The van der Waals surface area contributed by atoms with Crippen LogP contribution in [0.4, 0.5) is 4.79 Å². The number of imide groups is 1. The van der Waals surface area contributed by atoms with Crippen LogP contribution in [-0.2, 0) is 4.79 Å². The highest BCUT2D eigenvalue weighted by Gasteiger charge is 2.35. The smallest absolute Gasteiger partial charge is 0.336 e. The zero-order valence-electron chi connectivity index (χ0n) is 16.5. The highest BCUT2D eigenvalue weighted by Crippen LogP contribution is 2.34. The number of carbonyl (C=O) groups is 3. The summed E-state index contributed by atoms with van der Waals surface area (Å²) in [6.45, 7) is 0.175. The third-order valence-corrected chi connectivity index (χ3v) is 5.83. The van der Waals surface area contributed by atoms with Gasteiger partial charge in [-0.05, 0) is 42.1 Å². The van der Waals surface area contributed by atoms with Gasteiger partial charge < -0.3 is 14.3 Å². The lowest BCUT2D eigenvalue weighted by molar-refractivity contribution is -0.123. The molecule has 162 valence electrons. The van der Waals surface area contributed by atoms with E-state index in [1.54, 1.807) is 54.6 Å². The third-order valence-electron chi connectivity index (χ3n) is 4.61. The number of para-hydroxylation sites is 1. The van der Waals surface area contributed by atoms with E-state index in [2.05, 4.69) is 0 Å². The van der Waals surface area contributed by atoms with E-state index in [9.17, 15) is 19.5 Å². The van der Waals surface area contributed by atoms with Crippen molar-refractivity contribution in [3.05, 3.63) is 81.9 Å². The summed E-state index contributed by atoms with van der Waals surface area (Å²) in [7, 11) is 0. The Hall–Kier alpha value is -3.49. The Kier molecular flexibility index (Phi) is 6.34. The number of carboxylic acids is 1. The molecule has 1 fully saturated rings. The van der Waals surface area contributed by atoms with Crippen LogP contribution in [0.15, 0.2) is 70.0 Å². The van der Waals surface area contributed by atoms with Crippen LogP contribution < -0.4 is 4.74 Å². The van der Waals surface area contributed by atoms with Crippen molar-refractivity contribution < 1.29 is 28.6 Å². The molecule has 3 aromatic rings. The van der Waals surface area contributed by atoms with Crippen molar-refractivity contribution in [2.24, 2.45) is 0 Å². The molecule has 0 atom stereocenters. The number of benzene rings is 2. The lowest BCUT2D eigenvalue weighted by Gasteiger charge is -2.13. The van der Waals surface area contributed by atoms with Gasteiger partial charge in [-0.25, -0.2) is 4.79 Å². The van der Waals surface area contributed by atoms with Crippen LogP contribution in [0.3, 0.4) is 0 Å². The molecule has 2 heterocycles. The van der Waals surface area contributed by atoms with Crippen molar-refractivity contribution in [1.29, 1.82) is 0 Å². The van der Waals surface area contributed by atoms with Crippen LogP contribution in [0.5, 0.6) is 5.75 Å². The standard InChI is InChI=1S/C23H16ClNO6S/c24-17-7-3-4-8-19(17)30-12-11-25-21(26)20(32-23(25)29)13-14-9-10-18(31-14)15-5-1-2-6-16(15)22(27)28/h1-10,13H,11-12H2,(H,27,28)/b20-13-. The molecule has 2 amide bonds. The normalized spacial score (nSPS) is 14.9. The number of hydrogen-bond acceptors (Lipinski definition) is 6. The molecule has 0 saturated carbocycles. The van der Waals surface area contributed by atoms with Crippen LogP contribution in [0.25, 0.3) is 17.4 Å². The molecule has 1 aliphatic heterocycles. The fourth-order valence-electron chi connectivity index (χ4n) is 3.09. The van der Waals surface area contributed by atoms with Crippen LogP contribution in [-0.4, -0.2) is 40.3 Å². The maximum Gasteiger partial charge on any atom is 0.336 e. The second-order valence-corrected chi connectivity index (χ2v) is 8.07. The van der Waals surface area contributed by atoms with Crippen molar-refractivity contribution in [2.45, 2.75) is 0 Å². The van der Waals surface area contributed by atoms with Gasteiger partial charge >= 0.3 is 5.97 Å². The fourth-order valence-corrected chi connectivity index (χ4v) is 4.13. The van der Waals surface area contributed by atoms with Crippen molar-refractivity contribution in [3.63, 3.8) is 0 Å². The van der Waals surface area contributed by atoms with E-state index >= 15 is 0 Å². The molecule has 7 nitrogen and oxygen atoms in total. The molecular weight excluding hydrogens is 454 g/mol. The fraction of sp³-hybridized carbons (Fsp3) is 0.0870. The first-order valence-corrected chi connectivity index (χ1v) is 10.7. The van der Waals surface area contributed by atoms with Gasteiger partial charge in [0.2, 0.25) is 0 Å². The Morgan fingerprint density at radius 3 is 2.62 bits per heavy atom. The van der Waals surface area contributed by atoms with E-state index in [4.69, 9.17) is 20.8 Å². The molecular formula is C23H16ClNO6S. The summed E-state index contributed by atoms with van der Waals surface area (Å²) in [5, 5.41) is 9.39. The Morgan fingerprint density at radius 2 is 1.84 bits per heavy atom. The summed E-state index contributed by atoms with van der Waals surface area (Å²) in [6.07, 6.45) is 1.46. The largest absolute Gasteiger partial charge is 0.490 e. The molecule has 1 N–H and O–H groups in total. The molecule has 0 spiro atoms. The molecule has 4 rings (SSSR count). The van der Waals surface area contributed by atoms with E-state index in [0.717, 1.165) is 16.7 Å². The molecule has 1 saturated heterocycles. The second-order valence-electron chi connectivity index (χ2n) is 6.66. The monoisotopic (exact) mass is 469 g/mol. The average molecular weight is 470 g/mol. The van der Waals surface area contributed by atoms with Gasteiger partial charge in [0, 0.05) is 11.6 Å². The maximum atomic E-state index is 12.7. The molecule has 2 aromatic carbocycles. The van der Waals surface area contributed by atoms with Gasteiger partial charge in [-0.15, -0.1) is 0 Å². The number of thioether (sulfide) groups is 1. The SMILES string of the molecule is O=C(O)c1ccccc1-c1ccc(/C=C2\SC(=O)N(CCOc3ccccc3Cl)C2=O)o1. The maximum absolute atomic E-state index is 12.7. The molecule has 9 heteroatoms. The lowest BCUT2D eigenvalue weighted by atomic mass is 10.1. The highest BCUT2D eigenvalue weighted by atomic mass is 35.5. The van der Waals surface area contributed by atoms with Crippen molar-refractivity contribution in [3.8, 4) is 17.1 Å². The molecule has 1 aliphatic rings. The van der Waals surface area contributed by atoms with E-state index < -0.39 is 17.1 Å². The quantitative estimate of drug-likeness (QED) is 0.462. The van der Waals surface area contributed by atoms with Crippen LogP contribution >= 0.6 is 23.4 Å². The number of furan rings is 1. The molecule has 0 aliphatic carbocycles. The van der Waals surface area contributed by atoms with Crippen molar-refractivity contribution in [2.75, 3.05) is 13.2 Å². The Labute approximate surface area is 192 Å². The predicted molar refractivity (Wildman–Crippen MR) is 121 cm³/mol. The number of carboxylic acid groups (broad SMARTS) is 1. The number of ether oxygens (including phenoxy) is 1. The zero-order valence-corrected chi connectivity index (χ0v) is 18.1. The first kappa shape index (κ1) is 21.7. The van der Waals surface area contributed by atoms with Crippen LogP contribution in [0, 0.1) is 0 Å². The minimum absolute atomic E-state index is 0.0720. The number of carbonyl (C=O) groups excluding carboxylic acids is 2. The van der Waals surface area contributed by atoms with Crippen molar-refractivity contribution >= 4 is 46.6 Å². The van der Waals surface area contributed by atoms with E-state index in [-0.39, 0.29) is 23.6 Å². The molecule has 1 aromatic heterocycles. The Bertz CT molecular complexity index is 1230. The molecule has 0 bridgehead atoms. The zero-order chi connectivity index (χ0) is 22.7. The topological polar surface area (TPSA) is 97.0 Å². The van der Waals surface area contributed by atoms with E-state index in [0.29, 0.717) is 27.9 Å². The Morgan fingerprint density at radius 1 is 1.09 bits per heavy atom. The number of hydrogen-bond donors (Lipinski definition) is 1. The lowest BCUT2D eigenvalue weighted by Crippen LogP contribution is -2.32. The van der Waals surface area contributed by atoms with Gasteiger partial charge in [0.05, 0.1) is 22.0 Å². The van der Waals surface area contributed by atoms with Gasteiger partial charge in [-0.3, -0.25) is 14.5 Å².